The van der Waals surface area contributed by atoms with Gasteiger partial charge in [0.25, 0.3) is 5.91 Å². The van der Waals surface area contributed by atoms with Crippen LogP contribution in [0.15, 0.2) is 24.3 Å². The SMILES string of the molecule is CCC(NC(=O)CCN1Cc2ccccc2C1=O)c1nc(C)c(C)s1. The zero-order chi connectivity index (χ0) is 18.0. The summed E-state index contributed by atoms with van der Waals surface area (Å²) in [6, 6.07) is 7.56. The first-order valence-corrected chi connectivity index (χ1v) is 9.41. The van der Waals surface area contributed by atoms with Gasteiger partial charge in [-0.1, -0.05) is 25.1 Å². The molecule has 5 nitrogen and oxygen atoms in total. The van der Waals surface area contributed by atoms with Crippen molar-refractivity contribution in [3.8, 4) is 0 Å². The van der Waals surface area contributed by atoms with E-state index in [2.05, 4.69) is 10.3 Å². The van der Waals surface area contributed by atoms with Gasteiger partial charge < -0.3 is 10.2 Å². The lowest BCUT2D eigenvalue weighted by Crippen LogP contribution is -2.33. The lowest BCUT2D eigenvalue weighted by atomic mass is 10.1. The normalized spacial score (nSPS) is 14.5. The number of hydrogen-bond acceptors (Lipinski definition) is 4. The summed E-state index contributed by atoms with van der Waals surface area (Å²) in [7, 11) is 0. The second kappa shape index (κ2) is 7.35. The van der Waals surface area contributed by atoms with E-state index >= 15 is 0 Å². The van der Waals surface area contributed by atoms with Crippen molar-refractivity contribution in [3.63, 3.8) is 0 Å². The second-order valence-corrected chi connectivity index (χ2v) is 7.59. The van der Waals surface area contributed by atoms with Crippen LogP contribution in [0.3, 0.4) is 0 Å². The third kappa shape index (κ3) is 3.74. The average molecular weight is 357 g/mol. The summed E-state index contributed by atoms with van der Waals surface area (Å²) < 4.78 is 0. The number of benzene rings is 1. The number of fused-ring (bicyclic) bond motifs is 1. The van der Waals surface area contributed by atoms with E-state index in [1.54, 1.807) is 16.2 Å². The predicted molar refractivity (Wildman–Crippen MR) is 98.6 cm³/mol. The van der Waals surface area contributed by atoms with E-state index in [-0.39, 0.29) is 17.9 Å². The van der Waals surface area contributed by atoms with Crippen molar-refractivity contribution in [1.29, 1.82) is 0 Å². The molecule has 1 aromatic carbocycles. The number of aromatic nitrogens is 1. The van der Waals surface area contributed by atoms with Gasteiger partial charge in [0.2, 0.25) is 5.91 Å². The van der Waals surface area contributed by atoms with E-state index in [0.29, 0.717) is 19.5 Å². The Morgan fingerprint density at radius 2 is 2.12 bits per heavy atom. The van der Waals surface area contributed by atoms with Crippen LogP contribution in [-0.4, -0.2) is 28.2 Å². The molecule has 0 bridgehead atoms. The zero-order valence-electron chi connectivity index (χ0n) is 14.8. The number of rotatable bonds is 6. The fourth-order valence-corrected chi connectivity index (χ4v) is 4.04. The first-order valence-electron chi connectivity index (χ1n) is 8.60. The molecular formula is C19H23N3O2S. The molecule has 2 aromatic rings. The van der Waals surface area contributed by atoms with Crippen molar-refractivity contribution in [2.45, 2.75) is 46.2 Å². The summed E-state index contributed by atoms with van der Waals surface area (Å²) in [5.41, 5.74) is 2.81. The molecule has 1 N–H and O–H groups in total. The van der Waals surface area contributed by atoms with Gasteiger partial charge in [0, 0.05) is 30.0 Å². The number of hydrogen-bond donors (Lipinski definition) is 1. The minimum absolute atomic E-state index is 0.0154. The molecule has 1 aromatic heterocycles. The van der Waals surface area contributed by atoms with Crippen molar-refractivity contribution in [2.24, 2.45) is 0 Å². The van der Waals surface area contributed by atoms with Gasteiger partial charge in [0.1, 0.15) is 5.01 Å². The molecule has 6 heteroatoms. The molecule has 1 atom stereocenters. The highest BCUT2D eigenvalue weighted by Crippen LogP contribution is 2.25. The van der Waals surface area contributed by atoms with Gasteiger partial charge in [-0.3, -0.25) is 9.59 Å². The molecule has 0 aliphatic carbocycles. The number of carbonyl (C=O) groups is 2. The van der Waals surface area contributed by atoms with Crippen LogP contribution in [0.1, 0.15) is 57.3 Å². The Hall–Kier alpha value is -2.21. The molecule has 2 heterocycles. The Balaban J connectivity index is 1.55. The fraction of sp³-hybridized carbons (Fsp3) is 0.421. The number of nitrogens with one attached hydrogen (secondary N) is 1. The summed E-state index contributed by atoms with van der Waals surface area (Å²) in [5.74, 6) is -0.0253. The molecule has 3 rings (SSSR count). The Kier molecular flexibility index (Phi) is 5.18. The molecular weight excluding hydrogens is 334 g/mol. The van der Waals surface area contributed by atoms with Crippen LogP contribution in [0.2, 0.25) is 0 Å². The fourth-order valence-electron chi connectivity index (χ4n) is 2.98. The lowest BCUT2D eigenvalue weighted by Gasteiger charge is -2.18. The van der Waals surface area contributed by atoms with Crippen LogP contribution in [0, 0.1) is 13.8 Å². The molecule has 0 saturated heterocycles. The Labute approximate surface area is 152 Å². The monoisotopic (exact) mass is 357 g/mol. The number of carbonyl (C=O) groups excluding carboxylic acids is 2. The maximum Gasteiger partial charge on any atom is 0.254 e. The average Bonchev–Trinajstić information content (AvgIpc) is 3.11. The van der Waals surface area contributed by atoms with Crippen molar-refractivity contribution < 1.29 is 9.59 Å². The van der Waals surface area contributed by atoms with Crippen LogP contribution in [0.5, 0.6) is 0 Å². The van der Waals surface area contributed by atoms with Crippen LogP contribution in [-0.2, 0) is 11.3 Å². The maximum absolute atomic E-state index is 12.3. The van der Waals surface area contributed by atoms with Gasteiger partial charge in [-0.2, -0.15) is 0 Å². The van der Waals surface area contributed by atoms with E-state index in [1.165, 1.54) is 4.88 Å². The highest BCUT2D eigenvalue weighted by molar-refractivity contribution is 7.11. The van der Waals surface area contributed by atoms with E-state index in [4.69, 9.17) is 0 Å². The summed E-state index contributed by atoms with van der Waals surface area (Å²) in [6.45, 7) is 7.09. The Morgan fingerprint density at radius 3 is 2.76 bits per heavy atom. The smallest absolute Gasteiger partial charge is 0.254 e. The highest BCUT2D eigenvalue weighted by Gasteiger charge is 2.27. The van der Waals surface area contributed by atoms with Gasteiger partial charge in [0.05, 0.1) is 11.7 Å². The maximum atomic E-state index is 12.3. The van der Waals surface area contributed by atoms with Crippen molar-refractivity contribution in [1.82, 2.24) is 15.2 Å². The highest BCUT2D eigenvalue weighted by atomic mass is 32.1. The third-order valence-corrected chi connectivity index (χ3v) is 5.78. The molecule has 25 heavy (non-hydrogen) atoms. The quantitative estimate of drug-likeness (QED) is 0.862. The number of nitrogens with zero attached hydrogens (tertiary/aromatic N) is 2. The molecule has 0 fully saturated rings. The summed E-state index contributed by atoms with van der Waals surface area (Å²) in [5, 5.41) is 4.01. The summed E-state index contributed by atoms with van der Waals surface area (Å²) >= 11 is 1.63. The van der Waals surface area contributed by atoms with Crippen molar-refractivity contribution in [3.05, 3.63) is 51.0 Å². The Bertz CT molecular complexity index is 780. The van der Waals surface area contributed by atoms with Crippen molar-refractivity contribution in [2.75, 3.05) is 6.54 Å². The van der Waals surface area contributed by atoms with Gasteiger partial charge in [-0.05, 0) is 31.9 Å². The standard InChI is InChI=1S/C19H23N3O2S/c1-4-16(18-20-12(2)13(3)25-18)21-17(23)9-10-22-11-14-7-5-6-8-15(14)19(22)24/h5-8,16H,4,9-11H2,1-3H3,(H,21,23). The molecule has 0 spiro atoms. The molecule has 132 valence electrons. The molecule has 0 saturated carbocycles. The first kappa shape index (κ1) is 17.6. The van der Waals surface area contributed by atoms with Crippen LogP contribution in [0.4, 0.5) is 0 Å². The third-order valence-electron chi connectivity index (χ3n) is 4.59. The van der Waals surface area contributed by atoms with Crippen LogP contribution >= 0.6 is 11.3 Å². The Morgan fingerprint density at radius 1 is 1.36 bits per heavy atom. The number of thiazole rings is 1. The zero-order valence-corrected chi connectivity index (χ0v) is 15.7. The van der Waals surface area contributed by atoms with Crippen molar-refractivity contribution >= 4 is 23.2 Å². The number of amides is 2. The molecule has 1 aliphatic rings. The van der Waals surface area contributed by atoms with Gasteiger partial charge in [0.15, 0.2) is 0 Å². The molecule has 1 unspecified atom stereocenters. The topological polar surface area (TPSA) is 62.3 Å². The summed E-state index contributed by atoms with van der Waals surface area (Å²) in [4.78, 5) is 32.1. The minimum Gasteiger partial charge on any atom is -0.347 e. The first-order chi connectivity index (χ1) is 12.0. The lowest BCUT2D eigenvalue weighted by molar-refractivity contribution is -0.122. The van der Waals surface area contributed by atoms with Gasteiger partial charge >= 0.3 is 0 Å². The van der Waals surface area contributed by atoms with E-state index in [0.717, 1.165) is 28.2 Å². The second-order valence-electron chi connectivity index (χ2n) is 6.36. The predicted octanol–water partition coefficient (Wildman–Crippen LogP) is 3.37. The van der Waals surface area contributed by atoms with Crippen LogP contribution in [0.25, 0.3) is 0 Å². The van der Waals surface area contributed by atoms with E-state index in [1.807, 2.05) is 45.0 Å². The van der Waals surface area contributed by atoms with Gasteiger partial charge in [-0.25, -0.2) is 4.98 Å². The molecule has 2 amide bonds. The number of aryl methyl sites for hydroxylation is 2. The van der Waals surface area contributed by atoms with Crippen LogP contribution < -0.4 is 5.32 Å². The van der Waals surface area contributed by atoms with Gasteiger partial charge in [-0.15, -0.1) is 11.3 Å². The summed E-state index contributed by atoms with van der Waals surface area (Å²) in [6.07, 6.45) is 1.10. The molecule has 1 aliphatic heterocycles. The largest absolute Gasteiger partial charge is 0.347 e. The molecule has 0 radical (unpaired) electrons. The van der Waals surface area contributed by atoms with E-state index < -0.39 is 0 Å². The van der Waals surface area contributed by atoms with E-state index in [9.17, 15) is 9.59 Å². The minimum atomic E-state index is -0.0589.